The molecule has 1 saturated carbocycles. The van der Waals surface area contributed by atoms with Gasteiger partial charge in [-0.3, -0.25) is 14.9 Å². The van der Waals surface area contributed by atoms with Crippen LogP contribution in [0.2, 0.25) is 0 Å². The molecule has 0 atom stereocenters. The zero-order chi connectivity index (χ0) is 14.5. The van der Waals surface area contributed by atoms with E-state index < -0.39 is 11.8 Å². The molecular formula is C13H20N4O2S. The van der Waals surface area contributed by atoms with Crippen molar-refractivity contribution in [3.63, 3.8) is 0 Å². The summed E-state index contributed by atoms with van der Waals surface area (Å²) in [4.78, 5) is 23.1. The molecule has 1 aliphatic carbocycles. The molecule has 110 valence electrons. The summed E-state index contributed by atoms with van der Waals surface area (Å²) in [5, 5.41) is 14.5. The van der Waals surface area contributed by atoms with Gasteiger partial charge in [0, 0.05) is 12.0 Å². The summed E-state index contributed by atoms with van der Waals surface area (Å²) in [6.45, 7) is 3.61. The van der Waals surface area contributed by atoms with Gasteiger partial charge in [-0.1, -0.05) is 30.6 Å². The van der Waals surface area contributed by atoms with Gasteiger partial charge in [-0.15, -0.1) is 10.2 Å². The summed E-state index contributed by atoms with van der Waals surface area (Å²) in [5.74, 6) is -0.879. The van der Waals surface area contributed by atoms with E-state index >= 15 is 0 Å². The van der Waals surface area contributed by atoms with Crippen LogP contribution in [0.15, 0.2) is 0 Å². The summed E-state index contributed by atoms with van der Waals surface area (Å²) < 4.78 is 0. The fourth-order valence-corrected chi connectivity index (χ4v) is 3.19. The van der Waals surface area contributed by atoms with E-state index in [0.29, 0.717) is 11.0 Å². The molecule has 1 fully saturated rings. The predicted molar refractivity (Wildman–Crippen MR) is 77.6 cm³/mol. The fourth-order valence-electron chi connectivity index (χ4n) is 2.28. The second-order valence-corrected chi connectivity index (χ2v) is 6.37. The van der Waals surface area contributed by atoms with Gasteiger partial charge in [0.15, 0.2) is 0 Å². The first kappa shape index (κ1) is 14.9. The Kier molecular flexibility index (Phi) is 5.05. The zero-order valence-electron chi connectivity index (χ0n) is 11.8. The largest absolute Gasteiger partial charge is 0.346 e. The molecule has 1 aromatic heterocycles. The molecule has 1 aliphatic rings. The van der Waals surface area contributed by atoms with Crippen molar-refractivity contribution >= 4 is 28.3 Å². The van der Waals surface area contributed by atoms with Crippen LogP contribution in [-0.4, -0.2) is 28.1 Å². The lowest BCUT2D eigenvalue weighted by molar-refractivity contribution is -0.136. The highest BCUT2D eigenvalue weighted by molar-refractivity contribution is 7.15. The molecule has 0 aliphatic heterocycles. The first-order chi connectivity index (χ1) is 9.56. The molecule has 6 nitrogen and oxygen atoms in total. The summed E-state index contributed by atoms with van der Waals surface area (Å²) in [5.41, 5.74) is 0. The maximum atomic E-state index is 11.6. The number of aromatic nitrogens is 2. The minimum atomic E-state index is -0.690. The predicted octanol–water partition coefficient (Wildman–Crippen LogP) is 2.05. The SMILES string of the molecule is CC(C)NC(=O)C(=O)Nc1nnc(C2CCCCC2)s1. The quantitative estimate of drug-likeness (QED) is 0.836. The van der Waals surface area contributed by atoms with Crippen LogP contribution >= 0.6 is 11.3 Å². The zero-order valence-corrected chi connectivity index (χ0v) is 12.6. The van der Waals surface area contributed by atoms with Crippen molar-refractivity contribution in [2.24, 2.45) is 0 Å². The second-order valence-electron chi connectivity index (χ2n) is 5.36. The Labute approximate surface area is 122 Å². The average Bonchev–Trinajstić information content (AvgIpc) is 2.87. The van der Waals surface area contributed by atoms with E-state index in [2.05, 4.69) is 20.8 Å². The highest BCUT2D eigenvalue weighted by Gasteiger charge is 2.21. The Bertz CT molecular complexity index is 480. The van der Waals surface area contributed by atoms with E-state index in [1.807, 2.05) is 0 Å². The van der Waals surface area contributed by atoms with Crippen molar-refractivity contribution in [2.45, 2.75) is 57.9 Å². The van der Waals surface area contributed by atoms with E-state index in [9.17, 15) is 9.59 Å². The van der Waals surface area contributed by atoms with E-state index in [1.165, 1.54) is 30.6 Å². The number of carbonyl (C=O) groups excluding carboxylic acids is 2. The Balaban J connectivity index is 1.92. The number of nitrogens with one attached hydrogen (secondary N) is 2. The van der Waals surface area contributed by atoms with Crippen LogP contribution in [-0.2, 0) is 9.59 Å². The van der Waals surface area contributed by atoms with Crippen molar-refractivity contribution in [3.8, 4) is 0 Å². The standard InChI is InChI=1S/C13H20N4O2S/c1-8(2)14-10(18)11(19)15-13-17-16-12(20-13)9-6-4-3-5-7-9/h8-9H,3-7H2,1-2H3,(H,14,18)(H,15,17,19). The number of hydrogen-bond acceptors (Lipinski definition) is 5. The third-order valence-corrected chi connectivity index (χ3v) is 4.24. The van der Waals surface area contributed by atoms with Crippen molar-refractivity contribution < 1.29 is 9.59 Å². The second kappa shape index (κ2) is 6.78. The maximum Gasteiger partial charge on any atom is 0.315 e. The van der Waals surface area contributed by atoms with Crippen molar-refractivity contribution in [2.75, 3.05) is 5.32 Å². The van der Waals surface area contributed by atoms with Gasteiger partial charge >= 0.3 is 11.8 Å². The van der Waals surface area contributed by atoms with Crippen LogP contribution in [0.3, 0.4) is 0 Å². The van der Waals surface area contributed by atoms with Crippen LogP contribution in [0.4, 0.5) is 5.13 Å². The number of rotatable bonds is 3. The van der Waals surface area contributed by atoms with Gasteiger partial charge in [-0.05, 0) is 26.7 Å². The lowest BCUT2D eigenvalue weighted by Gasteiger charge is -2.18. The van der Waals surface area contributed by atoms with Gasteiger partial charge in [0.1, 0.15) is 5.01 Å². The monoisotopic (exact) mass is 296 g/mol. The van der Waals surface area contributed by atoms with Crippen LogP contribution < -0.4 is 10.6 Å². The summed E-state index contributed by atoms with van der Waals surface area (Å²) >= 11 is 1.37. The van der Waals surface area contributed by atoms with E-state index in [1.54, 1.807) is 13.8 Å². The minimum Gasteiger partial charge on any atom is -0.346 e. The molecule has 1 heterocycles. The van der Waals surface area contributed by atoms with Gasteiger partial charge < -0.3 is 5.32 Å². The van der Waals surface area contributed by atoms with Crippen molar-refractivity contribution in [3.05, 3.63) is 5.01 Å². The number of amides is 2. The Hall–Kier alpha value is -1.50. The molecule has 1 aromatic rings. The molecule has 20 heavy (non-hydrogen) atoms. The lowest BCUT2D eigenvalue weighted by atomic mass is 9.90. The van der Waals surface area contributed by atoms with Gasteiger partial charge in [0.2, 0.25) is 5.13 Å². The Morgan fingerprint density at radius 3 is 2.50 bits per heavy atom. The molecule has 0 aromatic carbocycles. The van der Waals surface area contributed by atoms with Crippen molar-refractivity contribution in [1.82, 2.24) is 15.5 Å². The fraction of sp³-hybridized carbons (Fsp3) is 0.692. The molecule has 0 radical (unpaired) electrons. The first-order valence-electron chi connectivity index (χ1n) is 7.01. The molecule has 0 bridgehead atoms. The van der Waals surface area contributed by atoms with Crippen molar-refractivity contribution in [1.29, 1.82) is 0 Å². The molecular weight excluding hydrogens is 276 g/mol. The Morgan fingerprint density at radius 2 is 1.85 bits per heavy atom. The third-order valence-electron chi connectivity index (χ3n) is 3.24. The molecule has 0 saturated heterocycles. The van der Waals surface area contributed by atoms with Crippen LogP contribution in [0.1, 0.15) is 56.9 Å². The Morgan fingerprint density at radius 1 is 1.15 bits per heavy atom. The highest BCUT2D eigenvalue weighted by atomic mass is 32.1. The third kappa shape index (κ3) is 4.00. The maximum absolute atomic E-state index is 11.6. The summed E-state index contributed by atoms with van der Waals surface area (Å²) in [6, 6.07) is -0.0690. The van der Waals surface area contributed by atoms with Crippen LogP contribution in [0, 0.1) is 0 Å². The molecule has 7 heteroatoms. The molecule has 2 amide bonds. The molecule has 0 unspecified atom stereocenters. The van der Waals surface area contributed by atoms with Gasteiger partial charge in [0.05, 0.1) is 0 Å². The number of nitrogens with zero attached hydrogens (tertiary/aromatic N) is 2. The van der Waals surface area contributed by atoms with E-state index in [0.717, 1.165) is 17.8 Å². The minimum absolute atomic E-state index is 0.0690. The smallest absolute Gasteiger partial charge is 0.315 e. The van der Waals surface area contributed by atoms with Gasteiger partial charge in [-0.25, -0.2) is 0 Å². The summed E-state index contributed by atoms with van der Waals surface area (Å²) in [7, 11) is 0. The molecule has 0 spiro atoms. The van der Waals surface area contributed by atoms with E-state index in [-0.39, 0.29) is 6.04 Å². The highest BCUT2D eigenvalue weighted by Crippen LogP contribution is 2.35. The lowest BCUT2D eigenvalue weighted by Crippen LogP contribution is -2.39. The normalized spacial score (nSPS) is 16.1. The first-order valence-corrected chi connectivity index (χ1v) is 7.83. The van der Waals surface area contributed by atoms with Crippen LogP contribution in [0.25, 0.3) is 0 Å². The number of hydrogen-bond donors (Lipinski definition) is 2. The topological polar surface area (TPSA) is 84.0 Å². The average molecular weight is 296 g/mol. The number of anilines is 1. The van der Waals surface area contributed by atoms with Gasteiger partial charge in [-0.2, -0.15) is 0 Å². The van der Waals surface area contributed by atoms with Crippen LogP contribution in [0.5, 0.6) is 0 Å². The van der Waals surface area contributed by atoms with Gasteiger partial charge in [0.25, 0.3) is 0 Å². The number of carbonyl (C=O) groups is 2. The molecule has 2 N–H and O–H groups in total. The molecule has 2 rings (SSSR count). The van der Waals surface area contributed by atoms with E-state index in [4.69, 9.17) is 0 Å². The summed E-state index contributed by atoms with van der Waals surface area (Å²) in [6.07, 6.45) is 6.01.